The first-order chi connectivity index (χ1) is 7.88. The Balaban J connectivity index is 2.42. The van der Waals surface area contributed by atoms with Crippen molar-refractivity contribution in [2.24, 2.45) is 11.3 Å². The highest BCUT2D eigenvalue weighted by atomic mass is 16.2. The Kier molecular flexibility index (Phi) is 4.54. The summed E-state index contributed by atoms with van der Waals surface area (Å²) in [6.07, 6.45) is 2.31. The third-order valence-electron chi connectivity index (χ3n) is 3.05. The Morgan fingerprint density at radius 1 is 1.12 bits per heavy atom. The van der Waals surface area contributed by atoms with Crippen molar-refractivity contribution in [3.63, 3.8) is 0 Å². The van der Waals surface area contributed by atoms with Gasteiger partial charge in [0.1, 0.15) is 5.41 Å². The molecule has 0 aliphatic heterocycles. The lowest BCUT2D eigenvalue weighted by Gasteiger charge is -2.17. The molecular weight excluding hydrogens is 216 g/mol. The first kappa shape index (κ1) is 14.0. The van der Waals surface area contributed by atoms with Crippen molar-refractivity contribution in [2.45, 2.75) is 53.0 Å². The lowest BCUT2D eigenvalue weighted by molar-refractivity contribution is -0.137. The van der Waals surface area contributed by atoms with E-state index in [9.17, 15) is 9.59 Å². The van der Waals surface area contributed by atoms with Crippen LogP contribution in [0.25, 0.3) is 0 Å². The number of amides is 2. The molecule has 0 saturated heterocycles. The van der Waals surface area contributed by atoms with Gasteiger partial charge in [-0.2, -0.15) is 0 Å². The second kappa shape index (κ2) is 5.52. The monoisotopic (exact) mass is 240 g/mol. The molecule has 0 aromatic rings. The van der Waals surface area contributed by atoms with Crippen LogP contribution in [0.2, 0.25) is 0 Å². The quantitative estimate of drug-likeness (QED) is 0.690. The highest BCUT2D eigenvalue weighted by Gasteiger charge is 2.56. The highest BCUT2D eigenvalue weighted by Crippen LogP contribution is 2.46. The summed E-state index contributed by atoms with van der Waals surface area (Å²) in [5.41, 5.74) is -0.763. The molecule has 2 N–H and O–H groups in total. The predicted octanol–water partition coefficient (Wildman–Crippen LogP) is 1.45. The minimum atomic E-state index is -0.763. The summed E-state index contributed by atoms with van der Waals surface area (Å²) in [5, 5.41) is 5.70. The van der Waals surface area contributed by atoms with Crippen molar-refractivity contribution in [3.05, 3.63) is 0 Å². The van der Waals surface area contributed by atoms with Crippen LogP contribution >= 0.6 is 0 Å². The van der Waals surface area contributed by atoms with Gasteiger partial charge in [0.25, 0.3) is 0 Å². The summed E-state index contributed by atoms with van der Waals surface area (Å²) < 4.78 is 0. The Morgan fingerprint density at radius 2 is 1.71 bits per heavy atom. The minimum Gasteiger partial charge on any atom is -0.355 e. The molecule has 1 saturated carbocycles. The van der Waals surface area contributed by atoms with Crippen molar-refractivity contribution in [3.8, 4) is 0 Å². The average molecular weight is 240 g/mol. The van der Waals surface area contributed by atoms with Crippen molar-refractivity contribution in [1.29, 1.82) is 0 Å². The molecular formula is C13H24N2O2. The van der Waals surface area contributed by atoms with E-state index in [0.717, 1.165) is 6.42 Å². The van der Waals surface area contributed by atoms with Gasteiger partial charge in [-0.1, -0.05) is 13.8 Å². The van der Waals surface area contributed by atoms with E-state index in [-0.39, 0.29) is 17.9 Å². The van der Waals surface area contributed by atoms with E-state index in [0.29, 0.717) is 25.3 Å². The van der Waals surface area contributed by atoms with Crippen LogP contribution in [0, 0.1) is 11.3 Å². The molecule has 1 aliphatic rings. The summed E-state index contributed by atoms with van der Waals surface area (Å²) in [5.74, 6) is 0.348. The smallest absolute Gasteiger partial charge is 0.235 e. The number of carbonyl (C=O) groups is 2. The number of carbonyl (C=O) groups excluding carboxylic acids is 2. The summed E-state index contributed by atoms with van der Waals surface area (Å²) in [4.78, 5) is 23.9. The average Bonchev–Trinajstić information content (AvgIpc) is 2.96. The lowest BCUT2D eigenvalue weighted by atomic mass is 10.0. The standard InChI is InChI=1S/C13H24N2O2/c1-9(2)5-8-14-11(16)13(6-7-13)12(17)15-10(3)4/h9-10H,5-8H2,1-4H3,(H,14,16)(H,15,17). The molecule has 1 fully saturated rings. The Morgan fingerprint density at radius 3 is 2.12 bits per heavy atom. The van der Waals surface area contributed by atoms with E-state index in [1.54, 1.807) is 0 Å². The molecule has 0 radical (unpaired) electrons. The zero-order valence-corrected chi connectivity index (χ0v) is 11.3. The van der Waals surface area contributed by atoms with Gasteiger partial charge in [-0.15, -0.1) is 0 Å². The van der Waals surface area contributed by atoms with E-state index in [2.05, 4.69) is 24.5 Å². The highest BCUT2D eigenvalue weighted by molar-refractivity contribution is 6.07. The van der Waals surface area contributed by atoms with Crippen LogP contribution in [0.3, 0.4) is 0 Å². The zero-order chi connectivity index (χ0) is 13.1. The molecule has 0 aromatic carbocycles. The second-order valence-corrected chi connectivity index (χ2v) is 5.65. The van der Waals surface area contributed by atoms with Crippen LogP contribution in [0.5, 0.6) is 0 Å². The SMILES string of the molecule is CC(C)CCNC(=O)C1(C(=O)NC(C)C)CC1. The van der Waals surface area contributed by atoms with Crippen LogP contribution < -0.4 is 10.6 Å². The van der Waals surface area contributed by atoms with Crippen LogP contribution in [-0.2, 0) is 9.59 Å². The molecule has 1 rings (SSSR count). The molecule has 98 valence electrons. The van der Waals surface area contributed by atoms with Crippen LogP contribution in [0.1, 0.15) is 47.0 Å². The van der Waals surface area contributed by atoms with Gasteiger partial charge in [-0.3, -0.25) is 9.59 Å². The van der Waals surface area contributed by atoms with E-state index in [1.807, 2.05) is 13.8 Å². The van der Waals surface area contributed by atoms with Gasteiger partial charge in [0.15, 0.2) is 0 Å². The second-order valence-electron chi connectivity index (χ2n) is 5.65. The summed E-state index contributed by atoms with van der Waals surface area (Å²) >= 11 is 0. The van der Waals surface area contributed by atoms with E-state index in [4.69, 9.17) is 0 Å². The molecule has 2 amide bonds. The predicted molar refractivity (Wildman–Crippen MR) is 67.4 cm³/mol. The number of hydrogen-bond donors (Lipinski definition) is 2. The molecule has 0 atom stereocenters. The third-order valence-corrected chi connectivity index (χ3v) is 3.05. The van der Waals surface area contributed by atoms with Crippen LogP contribution in [0.4, 0.5) is 0 Å². The molecule has 0 aromatic heterocycles. The summed E-state index contributed by atoms with van der Waals surface area (Å²) in [6.45, 7) is 8.71. The maximum atomic E-state index is 12.0. The Bertz CT molecular complexity index is 294. The van der Waals surface area contributed by atoms with Gasteiger partial charge < -0.3 is 10.6 Å². The normalized spacial score (nSPS) is 17.1. The first-order valence-corrected chi connectivity index (χ1v) is 6.48. The minimum absolute atomic E-state index is 0.0865. The van der Waals surface area contributed by atoms with Crippen molar-refractivity contribution < 1.29 is 9.59 Å². The van der Waals surface area contributed by atoms with Gasteiger partial charge in [0.05, 0.1) is 0 Å². The molecule has 0 bridgehead atoms. The Labute approximate surface area is 104 Å². The van der Waals surface area contributed by atoms with Gasteiger partial charge in [-0.05, 0) is 39.0 Å². The molecule has 0 heterocycles. The number of nitrogens with one attached hydrogen (secondary N) is 2. The fourth-order valence-corrected chi connectivity index (χ4v) is 1.73. The maximum Gasteiger partial charge on any atom is 0.235 e. The van der Waals surface area contributed by atoms with Crippen molar-refractivity contribution in [2.75, 3.05) is 6.54 Å². The van der Waals surface area contributed by atoms with Gasteiger partial charge >= 0.3 is 0 Å². The third kappa shape index (κ3) is 3.72. The number of hydrogen-bond acceptors (Lipinski definition) is 2. The Hall–Kier alpha value is -1.06. The zero-order valence-electron chi connectivity index (χ0n) is 11.3. The maximum absolute atomic E-state index is 12.0. The molecule has 0 unspecified atom stereocenters. The molecule has 1 aliphatic carbocycles. The van der Waals surface area contributed by atoms with Crippen molar-refractivity contribution in [1.82, 2.24) is 10.6 Å². The molecule has 4 heteroatoms. The fraction of sp³-hybridized carbons (Fsp3) is 0.846. The first-order valence-electron chi connectivity index (χ1n) is 6.48. The molecule has 0 spiro atoms. The van der Waals surface area contributed by atoms with Gasteiger partial charge in [0, 0.05) is 12.6 Å². The summed E-state index contributed by atoms with van der Waals surface area (Å²) in [6, 6.07) is 0.0865. The summed E-state index contributed by atoms with van der Waals surface area (Å²) in [7, 11) is 0. The van der Waals surface area contributed by atoms with Crippen LogP contribution in [0.15, 0.2) is 0 Å². The van der Waals surface area contributed by atoms with E-state index >= 15 is 0 Å². The topological polar surface area (TPSA) is 58.2 Å². The van der Waals surface area contributed by atoms with Gasteiger partial charge in [-0.25, -0.2) is 0 Å². The van der Waals surface area contributed by atoms with Gasteiger partial charge in [0.2, 0.25) is 11.8 Å². The number of rotatable bonds is 6. The molecule has 17 heavy (non-hydrogen) atoms. The van der Waals surface area contributed by atoms with Crippen LogP contribution in [-0.4, -0.2) is 24.4 Å². The van der Waals surface area contributed by atoms with E-state index < -0.39 is 5.41 Å². The van der Waals surface area contributed by atoms with E-state index in [1.165, 1.54) is 0 Å². The lowest BCUT2D eigenvalue weighted by Crippen LogP contribution is -2.45. The molecule has 4 nitrogen and oxygen atoms in total. The largest absolute Gasteiger partial charge is 0.355 e. The fourth-order valence-electron chi connectivity index (χ4n) is 1.73. The van der Waals surface area contributed by atoms with Crippen molar-refractivity contribution >= 4 is 11.8 Å².